The Kier molecular flexibility index (Phi) is 5.52. The number of likely N-dealkylation sites (tertiary alicyclic amines) is 1. The van der Waals surface area contributed by atoms with Crippen LogP contribution in [0.3, 0.4) is 0 Å². The van der Waals surface area contributed by atoms with Gasteiger partial charge < -0.3 is 10.2 Å². The quantitative estimate of drug-likeness (QED) is 0.855. The molecule has 126 valence electrons. The molecule has 1 amide bonds. The van der Waals surface area contributed by atoms with Crippen LogP contribution in [0.4, 0.5) is 5.69 Å². The molecule has 1 N–H and O–H groups in total. The number of hydrogen-bond acceptors (Lipinski definition) is 3. The number of nitrogens with zero attached hydrogens (tertiary/aromatic N) is 2. The first-order chi connectivity index (χ1) is 11.2. The number of aromatic nitrogens is 1. The Bertz CT molecular complexity index is 506. The fraction of sp³-hybridized carbons (Fsp3) is 0.684. The molecule has 1 saturated carbocycles. The molecule has 0 aromatic carbocycles. The molecular formula is C19H29N3O. The standard InChI is InChI=1S/C19H29N3O/c1-15-7-6-12-22(14-15)19(23)18-11-10-17(13-20-18)21-16-8-4-2-3-5-9-16/h10-11,13,15-16,21H,2-9,12,14H2,1H3. The minimum Gasteiger partial charge on any atom is -0.381 e. The maximum absolute atomic E-state index is 12.5. The van der Waals surface area contributed by atoms with Crippen molar-refractivity contribution in [2.24, 2.45) is 5.92 Å². The lowest BCUT2D eigenvalue weighted by molar-refractivity contribution is 0.0677. The number of pyridine rings is 1. The summed E-state index contributed by atoms with van der Waals surface area (Å²) in [5, 5.41) is 3.59. The van der Waals surface area contributed by atoms with E-state index < -0.39 is 0 Å². The van der Waals surface area contributed by atoms with Gasteiger partial charge in [-0.15, -0.1) is 0 Å². The van der Waals surface area contributed by atoms with Crippen LogP contribution in [0.25, 0.3) is 0 Å². The fourth-order valence-electron chi connectivity index (χ4n) is 3.80. The van der Waals surface area contributed by atoms with Crippen molar-refractivity contribution >= 4 is 11.6 Å². The molecule has 2 fully saturated rings. The second-order valence-corrected chi connectivity index (χ2v) is 7.26. The van der Waals surface area contributed by atoms with E-state index in [1.54, 1.807) is 0 Å². The largest absolute Gasteiger partial charge is 0.381 e. The highest BCUT2D eigenvalue weighted by molar-refractivity contribution is 5.92. The number of carbonyl (C=O) groups is 1. The lowest BCUT2D eigenvalue weighted by Gasteiger charge is -2.30. The third-order valence-electron chi connectivity index (χ3n) is 5.15. The summed E-state index contributed by atoms with van der Waals surface area (Å²) in [6, 6.07) is 4.45. The first-order valence-corrected chi connectivity index (χ1v) is 9.24. The Hall–Kier alpha value is -1.58. The van der Waals surface area contributed by atoms with Gasteiger partial charge in [-0.05, 0) is 43.7 Å². The van der Waals surface area contributed by atoms with Crippen LogP contribution < -0.4 is 5.32 Å². The van der Waals surface area contributed by atoms with E-state index in [9.17, 15) is 4.79 Å². The van der Waals surface area contributed by atoms with Gasteiger partial charge in [0.1, 0.15) is 5.69 Å². The Morgan fingerprint density at radius 3 is 2.57 bits per heavy atom. The second kappa shape index (κ2) is 7.80. The molecule has 3 rings (SSSR count). The molecule has 0 radical (unpaired) electrons. The molecule has 1 aromatic rings. The SMILES string of the molecule is CC1CCCN(C(=O)c2ccc(NC3CCCCCC3)cn2)C1. The van der Waals surface area contributed by atoms with E-state index in [2.05, 4.69) is 17.2 Å². The molecule has 1 atom stereocenters. The average molecular weight is 315 g/mol. The van der Waals surface area contributed by atoms with E-state index in [4.69, 9.17) is 0 Å². The number of anilines is 1. The van der Waals surface area contributed by atoms with Gasteiger partial charge in [-0.2, -0.15) is 0 Å². The molecule has 4 nitrogen and oxygen atoms in total. The molecule has 23 heavy (non-hydrogen) atoms. The molecule has 0 bridgehead atoms. The normalized spacial score (nSPS) is 23.3. The molecule has 1 aliphatic heterocycles. The predicted octanol–water partition coefficient (Wildman–Crippen LogP) is 4.09. The highest BCUT2D eigenvalue weighted by Gasteiger charge is 2.22. The van der Waals surface area contributed by atoms with Crippen LogP contribution in [0.2, 0.25) is 0 Å². The van der Waals surface area contributed by atoms with E-state index in [0.29, 0.717) is 17.7 Å². The van der Waals surface area contributed by atoms with Crippen LogP contribution >= 0.6 is 0 Å². The molecule has 1 aliphatic carbocycles. The van der Waals surface area contributed by atoms with Crippen molar-refractivity contribution in [3.63, 3.8) is 0 Å². The van der Waals surface area contributed by atoms with Crippen LogP contribution in [-0.2, 0) is 0 Å². The van der Waals surface area contributed by atoms with E-state index >= 15 is 0 Å². The topological polar surface area (TPSA) is 45.2 Å². The molecule has 1 aromatic heterocycles. The minimum atomic E-state index is 0.0811. The number of amides is 1. The summed E-state index contributed by atoms with van der Waals surface area (Å²) in [5.41, 5.74) is 1.62. The summed E-state index contributed by atoms with van der Waals surface area (Å²) in [6.45, 7) is 3.95. The molecule has 0 spiro atoms. The highest BCUT2D eigenvalue weighted by atomic mass is 16.2. The van der Waals surface area contributed by atoms with Crippen molar-refractivity contribution in [1.29, 1.82) is 0 Å². The smallest absolute Gasteiger partial charge is 0.272 e. The number of nitrogens with one attached hydrogen (secondary N) is 1. The Balaban J connectivity index is 1.58. The van der Waals surface area contributed by atoms with Gasteiger partial charge in [0.25, 0.3) is 5.91 Å². The summed E-state index contributed by atoms with van der Waals surface area (Å²) >= 11 is 0. The molecule has 1 saturated heterocycles. The van der Waals surface area contributed by atoms with Crippen molar-refractivity contribution in [1.82, 2.24) is 9.88 Å². The van der Waals surface area contributed by atoms with Gasteiger partial charge in [0, 0.05) is 19.1 Å². The molecule has 4 heteroatoms. The maximum atomic E-state index is 12.5. The molecule has 2 heterocycles. The number of carbonyl (C=O) groups excluding carboxylic acids is 1. The molecule has 1 unspecified atom stereocenters. The van der Waals surface area contributed by atoms with Gasteiger partial charge in [-0.3, -0.25) is 4.79 Å². The van der Waals surface area contributed by atoms with E-state index in [1.807, 2.05) is 23.2 Å². The number of piperidine rings is 1. The fourth-order valence-corrected chi connectivity index (χ4v) is 3.80. The van der Waals surface area contributed by atoms with Crippen molar-refractivity contribution < 1.29 is 4.79 Å². The lowest BCUT2D eigenvalue weighted by atomic mass is 10.00. The number of rotatable bonds is 3. The third-order valence-corrected chi connectivity index (χ3v) is 5.15. The average Bonchev–Trinajstić information content (AvgIpc) is 2.84. The van der Waals surface area contributed by atoms with Gasteiger partial charge in [-0.25, -0.2) is 4.98 Å². The van der Waals surface area contributed by atoms with Crippen LogP contribution in [0.5, 0.6) is 0 Å². The van der Waals surface area contributed by atoms with E-state index in [0.717, 1.165) is 25.2 Å². The Labute approximate surface area is 139 Å². The first-order valence-electron chi connectivity index (χ1n) is 9.24. The Morgan fingerprint density at radius 2 is 1.91 bits per heavy atom. The molecular weight excluding hydrogens is 286 g/mol. The molecule has 2 aliphatic rings. The van der Waals surface area contributed by atoms with Gasteiger partial charge in [0.2, 0.25) is 0 Å². The van der Waals surface area contributed by atoms with Crippen LogP contribution in [0.15, 0.2) is 18.3 Å². The predicted molar refractivity (Wildman–Crippen MR) is 93.7 cm³/mol. The van der Waals surface area contributed by atoms with Gasteiger partial charge in [0.15, 0.2) is 0 Å². The van der Waals surface area contributed by atoms with Crippen molar-refractivity contribution in [3.05, 3.63) is 24.0 Å². The zero-order valence-electron chi connectivity index (χ0n) is 14.3. The third kappa shape index (κ3) is 4.46. The zero-order chi connectivity index (χ0) is 16.1. The van der Waals surface area contributed by atoms with Crippen molar-refractivity contribution in [3.8, 4) is 0 Å². The van der Waals surface area contributed by atoms with Gasteiger partial charge in [-0.1, -0.05) is 32.6 Å². The maximum Gasteiger partial charge on any atom is 0.272 e. The summed E-state index contributed by atoms with van der Waals surface area (Å²) in [7, 11) is 0. The van der Waals surface area contributed by atoms with Gasteiger partial charge >= 0.3 is 0 Å². The number of hydrogen-bond donors (Lipinski definition) is 1. The van der Waals surface area contributed by atoms with Crippen molar-refractivity contribution in [2.75, 3.05) is 18.4 Å². The van der Waals surface area contributed by atoms with Crippen LogP contribution in [-0.4, -0.2) is 34.9 Å². The van der Waals surface area contributed by atoms with Gasteiger partial charge in [0.05, 0.1) is 11.9 Å². The van der Waals surface area contributed by atoms with Crippen LogP contribution in [0, 0.1) is 5.92 Å². The lowest BCUT2D eigenvalue weighted by Crippen LogP contribution is -2.39. The van der Waals surface area contributed by atoms with Crippen molar-refractivity contribution in [2.45, 2.75) is 64.3 Å². The minimum absolute atomic E-state index is 0.0811. The summed E-state index contributed by atoms with van der Waals surface area (Å²) in [4.78, 5) is 18.9. The second-order valence-electron chi connectivity index (χ2n) is 7.26. The summed E-state index contributed by atoms with van der Waals surface area (Å²) in [5.74, 6) is 0.682. The first kappa shape index (κ1) is 16.3. The Morgan fingerprint density at radius 1 is 1.13 bits per heavy atom. The van der Waals surface area contributed by atoms with Crippen LogP contribution in [0.1, 0.15) is 68.8 Å². The monoisotopic (exact) mass is 315 g/mol. The summed E-state index contributed by atoms with van der Waals surface area (Å²) < 4.78 is 0. The van der Waals surface area contributed by atoms with E-state index in [1.165, 1.54) is 44.9 Å². The zero-order valence-corrected chi connectivity index (χ0v) is 14.3. The van der Waals surface area contributed by atoms with E-state index in [-0.39, 0.29) is 5.91 Å². The highest BCUT2D eigenvalue weighted by Crippen LogP contribution is 2.21. The summed E-state index contributed by atoms with van der Waals surface area (Å²) in [6.07, 6.45) is 12.0.